The van der Waals surface area contributed by atoms with Crippen LogP contribution in [0.15, 0.2) is 23.4 Å². The number of nitrogens with zero attached hydrogens (tertiary/aromatic N) is 2. The minimum Gasteiger partial charge on any atom is -0.384 e. The van der Waals surface area contributed by atoms with E-state index < -0.39 is 10.0 Å². The van der Waals surface area contributed by atoms with Gasteiger partial charge < -0.3 is 5.32 Å². The zero-order valence-corrected chi connectivity index (χ0v) is 12.2. The van der Waals surface area contributed by atoms with Gasteiger partial charge >= 0.3 is 0 Å². The van der Waals surface area contributed by atoms with Crippen LogP contribution < -0.4 is 5.32 Å². The van der Waals surface area contributed by atoms with Gasteiger partial charge in [-0.15, -0.1) is 0 Å². The molecule has 1 N–H and O–H groups in total. The minimum absolute atomic E-state index is 0.0887. The summed E-state index contributed by atoms with van der Waals surface area (Å²) in [7, 11) is -1.91. The molecule has 1 rings (SSSR count). The maximum Gasteiger partial charge on any atom is 0.246 e. The lowest BCUT2D eigenvalue weighted by Crippen LogP contribution is -2.33. The monoisotopic (exact) mass is 271 g/mol. The highest BCUT2D eigenvalue weighted by Crippen LogP contribution is 2.23. The smallest absolute Gasteiger partial charge is 0.246 e. The number of rotatable bonds is 6. The molecule has 0 radical (unpaired) electrons. The topological polar surface area (TPSA) is 62.3 Å². The van der Waals surface area contributed by atoms with Crippen molar-refractivity contribution in [1.82, 2.24) is 9.29 Å². The quantitative estimate of drug-likeness (QED) is 0.859. The molecule has 0 bridgehead atoms. The lowest BCUT2D eigenvalue weighted by molar-refractivity contribution is 0.410. The predicted molar refractivity (Wildman–Crippen MR) is 73.1 cm³/mol. The van der Waals surface area contributed by atoms with Gasteiger partial charge in [-0.25, -0.2) is 8.42 Å². The van der Waals surface area contributed by atoms with E-state index in [4.69, 9.17) is 0 Å². The highest BCUT2D eigenvalue weighted by Gasteiger charge is 2.25. The first-order valence-corrected chi connectivity index (χ1v) is 7.51. The van der Waals surface area contributed by atoms with Gasteiger partial charge in [0, 0.05) is 32.0 Å². The SMILES string of the molecule is CCCNc1ccncc1S(=O)(=O)N(C)C(C)C. The number of hydrogen-bond acceptors (Lipinski definition) is 4. The van der Waals surface area contributed by atoms with Gasteiger partial charge in [-0.05, 0) is 26.3 Å². The molecule has 0 saturated heterocycles. The number of sulfonamides is 1. The van der Waals surface area contributed by atoms with E-state index in [1.165, 1.54) is 10.5 Å². The van der Waals surface area contributed by atoms with Crippen LogP contribution in [0.3, 0.4) is 0 Å². The van der Waals surface area contributed by atoms with Crippen LogP contribution in [-0.2, 0) is 10.0 Å². The first-order valence-electron chi connectivity index (χ1n) is 6.07. The normalized spacial score (nSPS) is 12.1. The Kier molecular flexibility index (Phi) is 5.10. The highest BCUT2D eigenvalue weighted by atomic mass is 32.2. The van der Waals surface area contributed by atoms with Gasteiger partial charge in [-0.2, -0.15) is 4.31 Å². The standard InChI is InChI=1S/C12H21N3O2S/c1-5-7-14-11-6-8-13-9-12(11)18(16,17)15(4)10(2)3/h6,8-10H,5,7H2,1-4H3,(H,13,14). The van der Waals surface area contributed by atoms with Crippen LogP contribution in [0.25, 0.3) is 0 Å². The van der Waals surface area contributed by atoms with Gasteiger partial charge in [0.15, 0.2) is 0 Å². The van der Waals surface area contributed by atoms with E-state index in [1.807, 2.05) is 20.8 Å². The zero-order chi connectivity index (χ0) is 13.8. The summed E-state index contributed by atoms with van der Waals surface area (Å²) in [5.41, 5.74) is 0.611. The van der Waals surface area contributed by atoms with E-state index in [2.05, 4.69) is 10.3 Å². The van der Waals surface area contributed by atoms with Crippen molar-refractivity contribution in [2.45, 2.75) is 38.1 Å². The molecule has 0 atom stereocenters. The molecular formula is C12H21N3O2S. The molecule has 6 heteroatoms. The van der Waals surface area contributed by atoms with Crippen molar-refractivity contribution >= 4 is 15.7 Å². The van der Waals surface area contributed by atoms with E-state index in [0.29, 0.717) is 5.69 Å². The van der Waals surface area contributed by atoms with Crippen LogP contribution in [0.4, 0.5) is 5.69 Å². The molecule has 0 aliphatic rings. The van der Waals surface area contributed by atoms with Crippen molar-refractivity contribution < 1.29 is 8.42 Å². The number of anilines is 1. The van der Waals surface area contributed by atoms with Gasteiger partial charge in [0.1, 0.15) is 4.90 Å². The molecule has 0 aliphatic carbocycles. The molecule has 0 fully saturated rings. The summed E-state index contributed by atoms with van der Waals surface area (Å²) in [6.45, 7) is 6.45. The maximum absolute atomic E-state index is 12.4. The lowest BCUT2D eigenvalue weighted by Gasteiger charge is -2.22. The second kappa shape index (κ2) is 6.15. The molecule has 0 unspecified atom stereocenters. The van der Waals surface area contributed by atoms with Crippen LogP contribution >= 0.6 is 0 Å². The summed E-state index contributed by atoms with van der Waals surface area (Å²) in [4.78, 5) is 4.15. The van der Waals surface area contributed by atoms with Crippen molar-refractivity contribution in [3.8, 4) is 0 Å². The molecule has 0 aliphatic heterocycles. The van der Waals surface area contributed by atoms with E-state index in [-0.39, 0.29) is 10.9 Å². The largest absolute Gasteiger partial charge is 0.384 e. The molecule has 0 saturated carbocycles. The summed E-state index contributed by atoms with van der Waals surface area (Å²) in [6.07, 6.45) is 3.92. The fourth-order valence-electron chi connectivity index (χ4n) is 1.42. The fraction of sp³-hybridized carbons (Fsp3) is 0.583. The van der Waals surface area contributed by atoms with Gasteiger partial charge in [0.25, 0.3) is 0 Å². The first kappa shape index (κ1) is 14.9. The third-order valence-electron chi connectivity index (χ3n) is 2.73. The summed E-state index contributed by atoms with van der Waals surface area (Å²) in [5.74, 6) is 0. The van der Waals surface area contributed by atoms with Gasteiger partial charge in [0.05, 0.1) is 5.69 Å². The van der Waals surface area contributed by atoms with Crippen molar-refractivity contribution in [3.63, 3.8) is 0 Å². The molecule has 0 aromatic carbocycles. The van der Waals surface area contributed by atoms with Crippen LogP contribution in [0.1, 0.15) is 27.2 Å². The molecule has 0 amide bonds. The average Bonchev–Trinajstić information content (AvgIpc) is 2.35. The van der Waals surface area contributed by atoms with Crippen molar-refractivity contribution in [2.24, 2.45) is 0 Å². The van der Waals surface area contributed by atoms with E-state index in [9.17, 15) is 8.42 Å². The Morgan fingerprint density at radius 3 is 2.67 bits per heavy atom. The molecule has 5 nitrogen and oxygen atoms in total. The van der Waals surface area contributed by atoms with E-state index >= 15 is 0 Å². The Bertz CT molecular complexity index is 486. The number of pyridine rings is 1. The van der Waals surface area contributed by atoms with Crippen LogP contribution in [0, 0.1) is 0 Å². The Hall–Kier alpha value is -1.14. The average molecular weight is 271 g/mol. The number of hydrogen-bond donors (Lipinski definition) is 1. The predicted octanol–water partition coefficient (Wildman–Crippen LogP) is 1.93. The fourth-order valence-corrected chi connectivity index (χ4v) is 2.90. The number of nitrogens with one attached hydrogen (secondary N) is 1. The Balaban J connectivity index is 3.16. The van der Waals surface area contributed by atoms with Gasteiger partial charge in [-0.1, -0.05) is 6.92 Å². The van der Waals surface area contributed by atoms with Gasteiger partial charge in [-0.3, -0.25) is 4.98 Å². The molecule has 1 aromatic heterocycles. The molecule has 18 heavy (non-hydrogen) atoms. The minimum atomic E-state index is -3.49. The summed E-state index contributed by atoms with van der Waals surface area (Å²) < 4.78 is 26.2. The molecule has 102 valence electrons. The number of aromatic nitrogens is 1. The first-order chi connectivity index (χ1) is 8.41. The van der Waals surface area contributed by atoms with Crippen LogP contribution in [0.5, 0.6) is 0 Å². The summed E-state index contributed by atoms with van der Waals surface area (Å²) >= 11 is 0. The summed E-state index contributed by atoms with van der Waals surface area (Å²) in [6, 6.07) is 1.60. The molecule has 0 spiro atoms. The second-order valence-electron chi connectivity index (χ2n) is 4.41. The van der Waals surface area contributed by atoms with Crippen LogP contribution in [0.2, 0.25) is 0 Å². The summed E-state index contributed by atoms with van der Waals surface area (Å²) in [5, 5.41) is 3.12. The third kappa shape index (κ3) is 3.20. The van der Waals surface area contributed by atoms with Crippen LogP contribution in [-0.4, -0.2) is 37.3 Å². The van der Waals surface area contributed by atoms with Crippen molar-refractivity contribution in [3.05, 3.63) is 18.5 Å². The Labute approximate surface area is 109 Å². The highest BCUT2D eigenvalue weighted by molar-refractivity contribution is 7.89. The van der Waals surface area contributed by atoms with Crippen molar-refractivity contribution in [1.29, 1.82) is 0 Å². The molecule has 1 heterocycles. The maximum atomic E-state index is 12.4. The molecular weight excluding hydrogens is 250 g/mol. The Morgan fingerprint density at radius 2 is 2.11 bits per heavy atom. The van der Waals surface area contributed by atoms with E-state index in [0.717, 1.165) is 13.0 Å². The zero-order valence-electron chi connectivity index (χ0n) is 11.3. The van der Waals surface area contributed by atoms with Crippen molar-refractivity contribution in [2.75, 3.05) is 18.9 Å². The van der Waals surface area contributed by atoms with Gasteiger partial charge in [0.2, 0.25) is 10.0 Å². The van der Waals surface area contributed by atoms with E-state index in [1.54, 1.807) is 19.3 Å². The third-order valence-corrected chi connectivity index (χ3v) is 4.80. The second-order valence-corrected chi connectivity index (χ2v) is 6.38. The Morgan fingerprint density at radius 1 is 1.44 bits per heavy atom. The molecule has 1 aromatic rings. The lowest BCUT2D eigenvalue weighted by atomic mass is 10.4.